The number of halogens is 3. The van der Waals surface area contributed by atoms with Crippen LogP contribution in [0.5, 0.6) is 0 Å². The zero-order valence-electron chi connectivity index (χ0n) is 17.2. The van der Waals surface area contributed by atoms with Crippen LogP contribution in [0.15, 0.2) is 114 Å². The third-order valence-corrected chi connectivity index (χ3v) is 8.80. The van der Waals surface area contributed by atoms with Crippen molar-refractivity contribution in [3.63, 3.8) is 0 Å². The van der Waals surface area contributed by atoms with E-state index in [0.717, 1.165) is 28.0 Å². The summed E-state index contributed by atoms with van der Waals surface area (Å²) < 4.78 is 44.7. The van der Waals surface area contributed by atoms with Gasteiger partial charge in [0.25, 0.3) is 5.69 Å². The van der Waals surface area contributed by atoms with Crippen molar-refractivity contribution in [1.29, 1.82) is 0 Å². The smallest absolute Gasteiger partial charge is 0.258 e. The van der Waals surface area contributed by atoms with E-state index in [1.807, 2.05) is 91.0 Å². The van der Waals surface area contributed by atoms with Gasteiger partial charge >= 0.3 is 6.18 Å². The van der Waals surface area contributed by atoms with E-state index in [0.29, 0.717) is 6.07 Å². The number of rotatable bonds is 5. The Labute approximate surface area is 188 Å². The summed E-state index contributed by atoms with van der Waals surface area (Å²) in [7, 11) is -2.86. The molecule has 0 aliphatic rings. The molecule has 4 rings (SSSR count). The molecule has 0 bridgehead atoms. The lowest BCUT2D eigenvalue weighted by molar-refractivity contribution is -0.384. The fourth-order valence-corrected chi connectivity index (χ4v) is 7.19. The number of hydrogen-bond donors (Lipinski definition) is 0. The van der Waals surface area contributed by atoms with E-state index in [-0.39, 0.29) is 5.69 Å². The second-order valence-electron chi connectivity index (χ2n) is 7.20. The van der Waals surface area contributed by atoms with Crippen LogP contribution in [0.1, 0.15) is 5.56 Å². The van der Waals surface area contributed by atoms with Gasteiger partial charge in [-0.1, -0.05) is 91.0 Å². The summed E-state index contributed by atoms with van der Waals surface area (Å²) in [5, 5.41) is 14.3. The lowest BCUT2D eigenvalue weighted by atomic mass is 10.1. The molecule has 0 spiro atoms. The molecule has 0 aromatic heterocycles. The van der Waals surface area contributed by atoms with E-state index < -0.39 is 29.4 Å². The van der Waals surface area contributed by atoms with Crippen LogP contribution in [-0.2, 0) is 6.18 Å². The molecule has 0 saturated carbocycles. The summed E-state index contributed by atoms with van der Waals surface area (Å²) in [5.74, 6) is 0. The van der Waals surface area contributed by atoms with E-state index >= 15 is 0 Å². The van der Waals surface area contributed by atoms with Crippen LogP contribution in [0, 0.1) is 10.1 Å². The van der Waals surface area contributed by atoms with E-state index in [2.05, 4.69) is 0 Å². The van der Waals surface area contributed by atoms with Gasteiger partial charge in [-0.2, -0.15) is 13.2 Å². The van der Waals surface area contributed by atoms with Gasteiger partial charge in [-0.05, 0) is 12.1 Å². The zero-order valence-corrected chi connectivity index (χ0v) is 18.1. The SMILES string of the molecule is O=[N+]([O-])c1cc(C(F)(F)F)ccc1N=P(c1ccccc1)(c1ccccc1)c1ccccc1. The largest absolute Gasteiger partial charge is 0.416 e. The molecule has 0 heterocycles. The molecule has 0 N–H and O–H groups in total. The Balaban J connectivity index is 2.14. The van der Waals surface area contributed by atoms with Crippen LogP contribution in [0.25, 0.3) is 0 Å². The van der Waals surface area contributed by atoms with Gasteiger partial charge in [0.1, 0.15) is 5.69 Å². The summed E-state index contributed by atoms with van der Waals surface area (Å²) in [6.45, 7) is 0. The summed E-state index contributed by atoms with van der Waals surface area (Å²) in [6.07, 6.45) is -4.70. The molecular weight excluding hydrogens is 448 g/mol. The molecule has 0 aliphatic carbocycles. The van der Waals surface area contributed by atoms with Crippen molar-refractivity contribution < 1.29 is 18.1 Å². The third-order valence-electron chi connectivity index (χ3n) is 5.15. The Bertz CT molecular complexity index is 1220. The molecule has 4 aromatic rings. The predicted octanol–water partition coefficient (Wildman–Crippen LogP) is 6.42. The molecule has 0 aliphatic heterocycles. The highest BCUT2D eigenvalue weighted by Gasteiger charge is 2.34. The van der Waals surface area contributed by atoms with E-state index in [4.69, 9.17) is 4.74 Å². The maximum absolute atomic E-state index is 13.2. The molecule has 0 amide bonds. The molecule has 166 valence electrons. The van der Waals surface area contributed by atoms with E-state index in [1.54, 1.807) is 0 Å². The fourth-order valence-electron chi connectivity index (χ4n) is 3.64. The van der Waals surface area contributed by atoms with Gasteiger partial charge in [0, 0.05) is 22.0 Å². The van der Waals surface area contributed by atoms with Crippen molar-refractivity contribution in [2.75, 3.05) is 0 Å². The quantitative estimate of drug-likeness (QED) is 0.194. The molecule has 0 unspecified atom stereocenters. The molecular formula is C25H18F3N2O2P. The predicted molar refractivity (Wildman–Crippen MR) is 125 cm³/mol. The first kappa shape index (κ1) is 22.5. The maximum atomic E-state index is 13.2. The third kappa shape index (κ3) is 4.45. The van der Waals surface area contributed by atoms with Gasteiger partial charge < -0.3 is 0 Å². The van der Waals surface area contributed by atoms with Gasteiger partial charge in [0.15, 0.2) is 0 Å². The van der Waals surface area contributed by atoms with Crippen molar-refractivity contribution in [2.45, 2.75) is 6.18 Å². The minimum absolute atomic E-state index is 0.0992. The highest BCUT2D eigenvalue weighted by Crippen LogP contribution is 2.51. The van der Waals surface area contributed by atoms with Crippen LogP contribution in [-0.4, -0.2) is 4.92 Å². The molecule has 0 radical (unpaired) electrons. The summed E-state index contributed by atoms with van der Waals surface area (Å²) >= 11 is 0. The average Bonchev–Trinajstić information content (AvgIpc) is 2.83. The Morgan fingerprint density at radius 1 is 0.697 bits per heavy atom. The van der Waals surface area contributed by atoms with Crippen LogP contribution >= 0.6 is 7.05 Å². The lowest BCUT2D eigenvalue weighted by Gasteiger charge is -2.27. The summed E-state index contributed by atoms with van der Waals surface area (Å²) in [4.78, 5) is 11.0. The van der Waals surface area contributed by atoms with Crippen molar-refractivity contribution in [3.05, 3.63) is 125 Å². The van der Waals surface area contributed by atoms with Crippen LogP contribution < -0.4 is 15.9 Å². The second-order valence-corrected chi connectivity index (χ2v) is 10.2. The number of hydrogen-bond acceptors (Lipinski definition) is 3. The van der Waals surface area contributed by atoms with Gasteiger partial charge in [-0.15, -0.1) is 0 Å². The summed E-state index contributed by atoms with van der Waals surface area (Å²) in [6, 6.07) is 30.5. The molecule has 4 aromatic carbocycles. The monoisotopic (exact) mass is 466 g/mol. The van der Waals surface area contributed by atoms with Crippen molar-refractivity contribution in [1.82, 2.24) is 0 Å². The molecule has 0 saturated heterocycles. The molecule has 0 fully saturated rings. The van der Waals surface area contributed by atoms with E-state index in [1.165, 1.54) is 0 Å². The van der Waals surface area contributed by atoms with Gasteiger partial charge in [0.2, 0.25) is 0 Å². The Morgan fingerprint density at radius 3 is 1.48 bits per heavy atom. The number of alkyl halides is 3. The van der Waals surface area contributed by atoms with Crippen molar-refractivity contribution in [3.8, 4) is 0 Å². The average molecular weight is 466 g/mol. The van der Waals surface area contributed by atoms with Gasteiger partial charge in [-0.25, -0.2) is 4.74 Å². The lowest BCUT2D eigenvalue weighted by Crippen LogP contribution is -2.25. The van der Waals surface area contributed by atoms with Crippen molar-refractivity contribution >= 4 is 34.3 Å². The number of nitro benzene ring substituents is 1. The fraction of sp³-hybridized carbons (Fsp3) is 0.0400. The first-order valence-electron chi connectivity index (χ1n) is 9.97. The van der Waals surface area contributed by atoms with Crippen LogP contribution in [0.3, 0.4) is 0 Å². The summed E-state index contributed by atoms with van der Waals surface area (Å²) in [5.41, 5.74) is -1.87. The molecule has 4 nitrogen and oxygen atoms in total. The first-order chi connectivity index (χ1) is 15.8. The Hall–Kier alpha value is -3.70. The van der Waals surface area contributed by atoms with Gasteiger partial charge in [0.05, 0.1) is 17.5 Å². The molecule has 8 heteroatoms. The molecule has 0 atom stereocenters. The van der Waals surface area contributed by atoms with Crippen LogP contribution in [0.2, 0.25) is 0 Å². The standard InChI is InChI=1S/C25H18F3N2O2P/c26-25(27,28)19-16-17-23(24(18-19)30(31)32)29-33(20-10-4-1-5-11-20,21-12-6-2-7-13-21)22-14-8-3-9-15-22/h1-18H. The number of nitro groups is 1. The topological polar surface area (TPSA) is 55.5 Å². The minimum Gasteiger partial charge on any atom is -0.258 e. The zero-order chi connectivity index (χ0) is 23.5. The Morgan fingerprint density at radius 2 is 1.12 bits per heavy atom. The van der Waals surface area contributed by atoms with Gasteiger partial charge in [-0.3, -0.25) is 10.1 Å². The maximum Gasteiger partial charge on any atom is 0.416 e. The first-order valence-corrected chi connectivity index (χ1v) is 11.7. The number of benzene rings is 4. The highest BCUT2D eigenvalue weighted by molar-refractivity contribution is 7.87. The highest BCUT2D eigenvalue weighted by atomic mass is 31.2. The normalized spacial score (nSPS) is 11.7. The number of nitrogens with zero attached hydrogens (tertiary/aromatic N) is 2. The molecule has 33 heavy (non-hydrogen) atoms. The van der Waals surface area contributed by atoms with E-state index in [9.17, 15) is 23.3 Å². The van der Waals surface area contributed by atoms with Crippen molar-refractivity contribution in [2.24, 2.45) is 4.74 Å². The second kappa shape index (κ2) is 9.04. The Kier molecular flexibility index (Phi) is 6.16. The minimum atomic E-state index is -4.70. The van der Waals surface area contributed by atoms with Crippen LogP contribution in [0.4, 0.5) is 24.5 Å².